The molecule has 126 valence electrons. The number of nitrogens with zero attached hydrogens (tertiary/aromatic N) is 2. The van der Waals surface area contributed by atoms with Crippen molar-refractivity contribution in [2.75, 3.05) is 19.6 Å². The molecule has 0 spiro atoms. The summed E-state index contributed by atoms with van der Waals surface area (Å²) >= 11 is 1.25. The summed E-state index contributed by atoms with van der Waals surface area (Å²) in [5.41, 5.74) is 0.849. The zero-order chi connectivity index (χ0) is 17.1. The number of amides is 1. The Balaban J connectivity index is 1.67. The van der Waals surface area contributed by atoms with Crippen LogP contribution in [0.25, 0.3) is 10.6 Å². The van der Waals surface area contributed by atoms with Crippen molar-refractivity contribution in [3.8, 4) is 10.6 Å². The minimum absolute atomic E-state index is 0.0103. The molecule has 1 saturated heterocycles. The van der Waals surface area contributed by atoms with E-state index in [1.165, 1.54) is 23.5 Å². The van der Waals surface area contributed by atoms with Crippen molar-refractivity contribution >= 4 is 22.9 Å². The molecule has 1 amide bonds. The van der Waals surface area contributed by atoms with Crippen LogP contribution in [0.1, 0.15) is 10.5 Å². The smallest absolute Gasteiger partial charge is 0.270 e. The highest BCUT2D eigenvalue weighted by Gasteiger charge is 2.25. The van der Waals surface area contributed by atoms with Crippen LogP contribution in [0.3, 0.4) is 0 Å². The van der Waals surface area contributed by atoms with Gasteiger partial charge < -0.3 is 15.7 Å². The van der Waals surface area contributed by atoms with Gasteiger partial charge in [-0.25, -0.2) is 4.98 Å². The molecular weight excluding hydrogens is 332 g/mol. The van der Waals surface area contributed by atoms with Gasteiger partial charge in [0.25, 0.3) is 11.6 Å². The van der Waals surface area contributed by atoms with E-state index in [0.29, 0.717) is 30.2 Å². The molecule has 2 aromatic rings. The Morgan fingerprint density at radius 2 is 2.33 bits per heavy atom. The molecular formula is C15H16N4O4S. The third-order valence-electron chi connectivity index (χ3n) is 3.87. The van der Waals surface area contributed by atoms with Crippen LogP contribution in [-0.2, 0) is 0 Å². The summed E-state index contributed by atoms with van der Waals surface area (Å²) in [6.07, 6.45) is -0.457. The van der Waals surface area contributed by atoms with Crippen LogP contribution in [0.5, 0.6) is 0 Å². The zero-order valence-electron chi connectivity index (χ0n) is 12.6. The lowest BCUT2D eigenvalue weighted by molar-refractivity contribution is -0.384. The van der Waals surface area contributed by atoms with Gasteiger partial charge in [-0.1, -0.05) is 12.1 Å². The molecule has 3 N–H and O–H groups in total. The molecule has 3 rings (SSSR count). The first-order chi connectivity index (χ1) is 11.5. The van der Waals surface area contributed by atoms with E-state index in [2.05, 4.69) is 15.6 Å². The molecule has 0 saturated carbocycles. The van der Waals surface area contributed by atoms with Gasteiger partial charge in [-0.05, 0) is 0 Å². The summed E-state index contributed by atoms with van der Waals surface area (Å²) in [7, 11) is 0. The van der Waals surface area contributed by atoms with E-state index in [1.807, 2.05) is 0 Å². The second-order valence-electron chi connectivity index (χ2n) is 5.54. The van der Waals surface area contributed by atoms with Gasteiger partial charge in [0.15, 0.2) is 0 Å². The van der Waals surface area contributed by atoms with Crippen LogP contribution >= 0.6 is 11.3 Å². The van der Waals surface area contributed by atoms with Gasteiger partial charge in [0.05, 0.1) is 11.0 Å². The summed E-state index contributed by atoms with van der Waals surface area (Å²) in [6.45, 7) is 1.57. The Hall–Kier alpha value is -2.36. The topological polar surface area (TPSA) is 117 Å². The molecule has 2 atom stereocenters. The van der Waals surface area contributed by atoms with E-state index in [1.54, 1.807) is 17.5 Å². The number of non-ortho nitro benzene ring substituents is 1. The van der Waals surface area contributed by atoms with Crippen molar-refractivity contribution in [2.24, 2.45) is 5.92 Å². The lowest BCUT2D eigenvalue weighted by Gasteiger charge is -2.13. The van der Waals surface area contributed by atoms with Gasteiger partial charge in [-0.2, -0.15) is 0 Å². The number of hydrogen-bond acceptors (Lipinski definition) is 7. The van der Waals surface area contributed by atoms with Crippen molar-refractivity contribution in [1.82, 2.24) is 15.6 Å². The van der Waals surface area contributed by atoms with E-state index in [-0.39, 0.29) is 23.2 Å². The number of aliphatic hydroxyl groups excluding tert-OH is 1. The van der Waals surface area contributed by atoms with Gasteiger partial charge >= 0.3 is 0 Å². The predicted octanol–water partition coefficient (Wildman–Crippen LogP) is 1.03. The standard InChI is InChI=1S/C15H16N4O4S/c20-13-7-16-5-10(13)6-17-14(21)12-8-24-15(18-12)9-2-1-3-11(4-9)19(22)23/h1-4,8,10,13,16,20H,5-7H2,(H,17,21). The highest BCUT2D eigenvalue weighted by Crippen LogP contribution is 2.26. The SMILES string of the molecule is O=C(NCC1CNCC1O)c1csc(-c2cccc([N+](=O)[O-])c2)n1. The first-order valence-corrected chi connectivity index (χ1v) is 8.30. The average molecular weight is 348 g/mol. The molecule has 9 heteroatoms. The van der Waals surface area contributed by atoms with E-state index in [9.17, 15) is 20.0 Å². The number of aliphatic hydroxyl groups is 1. The van der Waals surface area contributed by atoms with Gasteiger partial charge in [0.1, 0.15) is 10.7 Å². The quantitative estimate of drug-likeness (QED) is 0.549. The second kappa shape index (κ2) is 7.04. The number of β-amino-alcohol motifs (C(OH)–C–C–N with tert-alkyl or cyclic N) is 1. The van der Waals surface area contributed by atoms with Crippen molar-refractivity contribution in [1.29, 1.82) is 0 Å². The van der Waals surface area contributed by atoms with E-state index in [4.69, 9.17) is 0 Å². The fourth-order valence-electron chi connectivity index (χ4n) is 2.50. The number of thiazole rings is 1. The molecule has 8 nitrogen and oxygen atoms in total. The maximum atomic E-state index is 12.2. The number of nitro groups is 1. The van der Waals surface area contributed by atoms with Crippen molar-refractivity contribution in [3.05, 3.63) is 45.5 Å². The maximum Gasteiger partial charge on any atom is 0.270 e. The maximum absolute atomic E-state index is 12.2. The van der Waals surface area contributed by atoms with Crippen LogP contribution in [-0.4, -0.2) is 46.7 Å². The lowest BCUT2D eigenvalue weighted by atomic mass is 10.1. The molecule has 1 fully saturated rings. The lowest BCUT2D eigenvalue weighted by Crippen LogP contribution is -2.34. The molecule has 0 aliphatic carbocycles. The number of carbonyl (C=O) groups excluding carboxylic acids is 1. The molecule has 24 heavy (non-hydrogen) atoms. The van der Waals surface area contributed by atoms with Gasteiger partial charge in [0.2, 0.25) is 0 Å². The number of hydrogen-bond donors (Lipinski definition) is 3. The summed E-state index contributed by atoms with van der Waals surface area (Å²) in [5.74, 6) is -0.328. The summed E-state index contributed by atoms with van der Waals surface area (Å²) in [5, 5.41) is 28.5. The molecule has 1 aromatic heterocycles. The molecule has 1 aromatic carbocycles. The van der Waals surface area contributed by atoms with Crippen LogP contribution < -0.4 is 10.6 Å². The van der Waals surface area contributed by atoms with E-state index in [0.717, 1.165) is 0 Å². The number of nitrogens with one attached hydrogen (secondary N) is 2. The Morgan fingerprint density at radius 1 is 1.50 bits per heavy atom. The van der Waals surface area contributed by atoms with Crippen molar-refractivity contribution < 1.29 is 14.8 Å². The van der Waals surface area contributed by atoms with Crippen LogP contribution in [0.2, 0.25) is 0 Å². The normalized spacial score (nSPS) is 20.0. The zero-order valence-corrected chi connectivity index (χ0v) is 13.5. The second-order valence-corrected chi connectivity index (χ2v) is 6.40. The third kappa shape index (κ3) is 3.58. The number of nitro benzene ring substituents is 1. The highest BCUT2D eigenvalue weighted by molar-refractivity contribution is 7.13. The monoisotopic (exact) mass is 348 g/mol. The highest BCUT2D eigenvalue weighted by atomic mass is 32.1. The molecule has 1 aliphatic rings. The fraction of sp³-hybridized carbons (Fsp3) is 0.333. The molecule has 0 radical (unpaired) electrons. The Bertz CT molecular complexity index is 763. The molecule has 1 aliphatic heterocycles. The van der Waals surface area contributed by atoms with Gasteiger partial charge in [0, 0.05) is 48.6 Å². The summed E-state index contributed by atoms with van der Waals surface area (Å²) in [4.78, 5) is 26.8. The van der Waals surface area contributed by atoms with Crippen LogP contribution in [0.15, 0.2) is 29.6 Å². The third-order valence-corrected chi connectivity index (χ3v) is 4.76. The number of rotatable bonds is 5. The van der Waals surface area contributed by atoms with Crippen molar-refractivity contribution in [3.63, 3.8) is 0 Å². The fourth-order valence-corrected chi connectivity index (χ4v) is 3.30. The molecule has 2 heterocycles. The Kier molecular flexibility index (Phi) is 4.84. The van der Waals surface area contributed by atoms with Gasteiger partial charge in [-0.3, -0.25) is 14.9 Å². The molecule has 0 bridgehead atoms. The minimum atomic E-state index is -0.467. The first-order valence-electron chi connectivity index (χ1n) is 7.42. The summed E-state index contributed by atoms with van der Waals surface area (Å²) in [6, 6.07) is 6.14. The van der Waals surface area contributed by atoms with Crippen LogP contribution in [0, 0.1) is 16.0 Å². The van der Waals surface area contributed by atoms with E-state index < -0.39 is 11.0 Å². The predicted molar refractivity (Wildman–Crippen MR) is 88.9 cm³/mol. The largest absolute Gasteiger partial charge is 0.391 e. The Morgan fingerprint density at radius 3 is 3.04 bits per heavy atom. The summed E-state index contributed by atoms with van der Waals surface area (Å²) < 4.78 is 0. The van der Waals surface area contributed by atoms with Gasteiger partial charge in [-0.15, -0.1) is 11.3 Å². The van der Waals surface area contributed by atoms with Crippen molar-refractivity contribution in [2.45, 2.75) is 6.10 Å². The minimum Gasteiger partial charge on any atom is -0.391 e. The number of benzene rings is 1. The Labute approximate surface area is 141 Å². The first kappa shape index (κ1) is 16.5. The molecule has 2 unspecified atom stereocenters. The number of aromatic nitrogens is 1. The average Bonchev–Trinajstić information content (AvgIpc) is 3.22. The van der Waals surface area contributed by atoms with Crippen LogP contribution in [0.4, 0.5) is 5.69 Å². The number of carbonyl (C=O) groups is 1. The van der Waals surface area contributed by atoms with E-state index >= 15 is 0 Å².